The summed E-state index contributed by atoms with van der Waals surface area (Å²) >= 11 is 0. The Kier molecular flexibility index (Phi) is 5.27. The molecule has 0 atom stereocenters. The van der Waals surface area contributed by atoms with E-state index < -0.39 is 0 Å². The van der Waals surface area contributed by atoms with Gasteiger partial charge >= 0.3 is 0 Å². The normalized spacial score (nSPS) is 14.9. The number of benzene rings is 1. The molecule has 1 aliphatic rings. The number of nitrogens with zero attached hydrogens (tertiary/aromatic N) is 2. The highest BCUT2D eigenvalue weighted by Crippen LogP contribution is 2.08. The minimum atomic E-state index is -0.322. The van der Waals surface area contributed by atoms with Crippen molar-refractivity contribution < 1.29 is 18.7 Å². The van der Waals surface area contributed by atoms with E-state index in [9.17, 15) is 14.0 Å². The van der Waals surface area contributed by atoms with Crippen LogP contribution < -0.4 is 0 Å². The zero-order valence-electron chi connectivity index (χ0n) is 12.0. The number of hydrogen-bond donors (Lipinski definition) is 0. The minimum Gasteiger partial charge on any atom is -0.378 e. The molecule has 1 aromatic carbocycles. The molecule has 2 amide bonds. The first-order chi connectivity index (χ1) is 10.1. The largest absolute Gasteiger partial charge is 0.378 e. The molecule has 5 nitrogen and oxygen atoms in total. The molecule has 0 aromatic heterocycles. The lowest BCUT2D eigenvalue weighted by atomic mass is 10.2. The number of ether oxygens (including phenoxy) is 1. The first-order valence-corrected chi connectivity index (χ1v) is 6.92. The van der Waals surface area contributed by atoms with E-state index in [1.807, 2.05) is 0 Å². The van der Waals surface area contributed by atoms with Gasteiger partial charge in [0.25, 0.3) is 0 Å². The predicted molar refractivity (Wildman–Crippen MR) is 74.9 cm³/mol. The van der Waals surface area contributed by atoms with Crippen LogP contribution in [0.4, 0.5) is 4.39 Å². The fourth-order valence-corrected chi connectivity index (χ4v) is 2.16. The van der Waals surface area contributed by atoms with Crippen LogP contribution in [0.1, 0.15) is 12.5 Å². The molecule has 0 bridgehead atoms. The maximum absolute atomic E-state index is 12.9. The number of carbonyl (C=O) groups is 2. The fourth-order valence-electron chi connectivity index (χ4n) is 2.16. The second kappa shape index (κ2) is 7.17. The molecule has 2 rings (SSSR count). The van der Waals surface area contributed by atoms with E-state index in [0.29, 0.717) is 32.8 Å². The molecule has 1 aromatic rings. The highest BCUT2D eigenvalue weighted by Gasteiger charge is 2.21. The van der Waals surface area contributed by atoms with Crippen LogP contribution in [0.3, 0.4) is 0 Å². The van der Waals surface area contributed by atoms with Gasteiger partial charge in [0.15, 0.2) is 0 Å². The Morgan fingerprint density at radius 2 is 1.86 bits per heavy atom. The van der Waals surface area contributed by atoms with Gasteiger partial charge < -0.3 is 14.5 Å². The number of rotatable bonds is 4. The zero-order chi connectivity index (χ0) is 15.2. The van der Waals surface area contributed by atoms with Gasteiger partial charge in [0.05, 0.1) is 13.2 Å². The molecule has 1 heterocycles. The van der Waals surface area contributed by atoms with Gasteiger partial charge in [-0.3, -0.25) is 9.59 Å². The molecule has 1 saturated heterocycles. The maximum atomic E-state index is 12.9. The van der Waals surface area contributed by atoms with Crippen LogP contribution in [0.2, 0.25) is 0 Å². The second-order valence-electron chi connectivity index (χ2n) is 4.99. The number of halogens is 1. The van der Waals surface area contributed by atoms with E-state index in [-0.39, 0.29) is 24.2 Å². The summed E-state index contributed by atoms with van der Waals surface area (Å²) in [7, 11) is 0. The third-order valence-electron chi connectivity index (χ3n) is 3.42. The van der Waals surface area contributed by atoms with E-state index >= 15 is 0 Å². The molecule has 0 spiro atoms. The first kappa shape index (κ1) is 15.4. The summed E-state index contributed by atoms with van der Waals surface area (Å²) in [5.74, 6) is -0.589. The molecular formula is C15H19FN2O3. The number of carbonyl (C=O) groups excluding carboxylic acids is 2. The lowest BCUT2D eigenvalue weighted by Gasteiger charge is -2.29. The van der Waals surface area contributed by atoms with E-state index in [4.69, 9.17) is 4.74 Å². The van der Waals surface area contributed by atoms with Crippen molar-refractivity contribution >= 4 is 11.8 Å². The van der Waals surface area contributed by atoms with E-state index in [0.717, 1.165) is 5.56 Å². The molecule has 0 N–H and O–H groups in total. The average Bonchev–Trinajstić information content (AvgIpc) is 2.49. The molecule has 6 heteroatoms. The van der Waals surface area contributed by atoms with Crippen LogP contribution in [0.15, 0.2) is 24.3 Å². The Bertz CT molecular complexity index is 498. The molecule has 0 unspecified atom stereocenters. The molecule has 0 saturated carbocycles. The lowest BCUT2D eigenvalue weighted by molar-refractivity contribution is -0.142. The Morgan fingerprint density at radius 1 is 1.24 bits per heavy atom. The van der Waals surface area contributed by atoms with Crippen LogP contribution in [0, 0.1) is 5.82 Å². The van der Waals surface area contributed by atoms with Gasteiger partial charge in [-0.1, -0.05) is 12.1 Å². The van der Waals surface area contributed by atoms with Crippen molar-refractivity contribution in [1.82, 2.24) is 9.80 Å². The first-order valence-electron chi connectivity index (χ1n) is 6.92. The summed E-state index contributed by atoms with van der Waals surface area (Å²) < 4.78 is 18.1. The van der Waals surface area contributed by atoms with Gasteiger partial charge in [-0.2, -0.15) is 0 Å². The lowest BCUT2D eigenvalue weighted by Crippen LogP contribution is -2.46. The summed E-state index contributed by atoms with van der Waals surface area (Å²) in [6.07, 6.45) is 0. The zero-order valence-corrected chi connectivity index (χ0v) is 12.0. The van der Waals surface area contributed by atoms with Crippen molar-refractivity contribution in [1.29, 1.82) is 0 Å². The standard InChI is InChI=1S/C15H19FN2O3/c1-12(19)18(10-13-2-4-14(16)5-3-13)11-15(20)17-6-8-21-9-7-17/h2-5H,6-11H2,1H3. The fraction of sp³-hybridized carbons (Fsp3) is 0.467. The summed E-state index contributed by atoms with van der Waals surface area (Å²) in [4.78, 5) is 27.0. The van der Waals surface area contributed by atoms with E-state index in [1.165, 1.54) is 24.0 Å². The molecule has 1 aliphatic heterocycles. The SMILES string of the molecule is CC(=O)N(CC(=O)N1CCOCC1)Cc1ccc(F)cc1. The van der Waals surface area contributed by atoms with Gasteiger partial charge in [-0.25, -0.2) is 4.39 Å². The highest BCUT2D eigenvalue weighted by atomic mass is 19.1. The van der Waals surface area contributed by atoms with Gasteiger partial charge in [-0.05, 0) is 17.7 Å². The van der Waals surface area contributed by atoms with Crippen LogP contribution in [-0.2, 0) is 20.9 Å². The van der Waals surface area contributed by atoms with Gasteiger partial charge in [0.2, 0.25) is 11.8 Å². The van der Waals surface area contributed by atoms with Crippen molar-refractivity contribution in [3.63, 3.8) is 0 Å². The van der Waals surface area contributed by atoms with Crippen LogP contribution in [0.25, 0.3) is 0 Å². The van der Waals surface area contributed by atoms with E-state index in [1.54, 1.807) is 17.0 Å². The van der Waals surface area contributed by atoms with Gasteiger partial charge in [0, 0.05) is 26.6 Å². The number of amides is 2. The topological polar surface area (TPSA) is 49.9 Å². The van der Waals surface area contributed by atoms with Gasteiger partial charge in [-0.15, -0.1) is 0 Å². The number of hydrogen-bond acceptors (Lipinski definition) is 3. The quantitative estimate of drug-likeness (QED) is 0.833. The summed E-state index contributed by atoms with van der Waals surface area (Å²) in [6.45, 7) is 3.93. The van der Waals surface area contributed by atoms with Crippen LogP contribution in [0.5, 0.6) is 0 Å². The predicted octanol–water partition coefficient (Wildman–Crippen LogP) is 1.03. The van der Waals surface area contributed by atoms with E-state index in [2.05, 4.69) is 0 Å². The maximum Gasteiger partial charge on any atom is 0.242 e. The molecular weight excluding hydrogens is 275 g/mol. The van der Waals surface area contributed by atoms with Crippen molar-refractivity contribution in [2.45, 2.75) is 13.5 Å². The Balaban J connectivity index is 1.96. The van der Waals surface area contributed by atoms with Crippen LogP contribution >= 0.6 is 0 Å². The summed E-state index contributed by atoms with van der Waals surface area (Å²) in [5.41, 5.74) is 0.793. The van der Waals surface area contributed by atoms with Crippen molar-refractivity contribution in [2.75, 3.05) is 32.8 Å². The van der Waals surface area contributed by atoms with Gasteiger partial charge in [0.1, 0.15) is 12.4 Å². The Morgan fingerprint density at radius 3 is 2.43 bits per heavy atom. The molecule has 0 aliphatic carbocycles. The molecule has 114 valence electrons. The highest BCUT2D eigenvalue weighted by molar-refractivity contribution is 5.83. The third-order valence-corrected chi connectivity index (χ3v) is 3.42. The van der Waals surface area contributed by atoms with Crippen molar-refractivity contribution in [3.8, 4) is 0 Å². The molecule has 21 heavy (non-hydrogen) atoms. The smallest absolute Gasteiger partial charge is 0.242 e. The second-order valence-corrected chi connectivity index (χ2v) is 4.99. The van der Waals surface area contributed by atoms with Crippen LogP contribution in [-0.4, -0.2) is 54.5 Å². The monoisotopic (exact) mass is 294 g/mol. The molecule has 0 radical (unpaired) electrons. The molecule has 1 fully saturated rings. The Hall–Kier alpha value is -1.95. The summed E-state index contributed by atoms with van der Waals surface area (Å²) in [5, 5.41) is 0. The number of morpholine rings is 1. The summed E-state index contributed by atoms with van der Waals surface area (Å²) in [6, 6.07) is 5.92. The van der Waals surface area contributed by atoms with Crippen molar-refractivity contribution in [2.24, 2.45) is 0 Å². The average molecular weight is 294 g/mol. The minimum absolute atomic E-state index is 0.0344. The Labute approximate surface area is 123 Å². The third kappa shape index (κ3) is 4.53. The van der Waals surface area contributed by atoms with Crippen molar-refractivity contribution in [3.05, 3.63) is 35.6 Å².